The summed E-state index contributed by atoms with van der Waals surface area (Å²) in [6.07, 6.45) is 7.70. The van der Waals surface area contributed by atoms with Gasteiger partial charge in [-0.3, -0.25) is 14.5 Å². The van der Waals surface area contributed by atoms with Crippen LogP contribution in [0, 0.1) is 5.92 Å². The maximum atomic E-state index is 12.7. The number of carbonyl (C=O) groups is 2. The number of ketones is 1. The summed E-state index contributed by atoms with van der Waals surface area (Å²) >= 11 is 0. The molecule has 0 aromatic heterocycles. The fourth-order valence-corrected chi connectivity index (χ4v) is 5.25. The monoisotopic (exact) mass is 357 g/mol. The molecular formula is C20H25N2O4+. The molecule has 6 nitrogen and oxygen atoms in total. The van der Waals surface area contributed by atoms with E-state index in [0.717, 1.165) is 12.5 Å². The van der Waals surface area contributed by atoms with Gasteiger partial charge in [-0.1, -0.05) is 6.42 Å². The number of hydrogen-bond acceptors (Lipinski definition) is 4. The highest BCUT2D eigenvalue weighted by Gasteiger charge is 2.43. The summed E-state index contributed by atoms with van der Waals surface area (Å²) < 4.78 is 11.2. The molecule has 1 saturated carbocycles. The quantitative estimate of drug-likeness (QED) is 0.808. The van der Waals surface area contributed by atoms with Crippen LogP contribution in [-0.2, 0) is 4.79 Å². The molecule has 1 unspecified atom stereocenters. The zero-order chi connectivity index (χ0) is 17.7. The molecule has 1 aromatic rings. The molecule has 0 spiro atoms. The number of ether oxygens (including phenoxy) is 2. The van der Waals surface area contributed by atoms with Crippen molar-refractivity contribution in [3.8, 4) is 11.5 Å². The van der Waals surface area contributed by atoms with Gasteiger partial charge in [0.2, 0.25) is 0 Å². The zero-order valence-electron chi connectivity index (χ0n) is 15.0. The van der Waals surface area contributed by atoms with E-state index >= 15 is 0 Å². The standard InChI is InChI=1S/C20H24N2O4/c23-19-14-10-17-18(26-9-8-25-17)11-16(14)22(20(19)24)12-21-7-3-5-13-4-1-2-6-15(13)21/h10-11,13,15H,1-9,12H2/p+1/t13-,15-/m0/s1. The summed E-state index contributed by atoms with van der Waals surface area (Å²) in [6, 6.07) is 4.12. The molecule has 26 heavy (non-hydrogen) atoms. The van der Waals surface area contributed by atoms with Crippen LogP contribution in [0.25, 0.3) is 0 Å². The number of carbonyl (C=O) groups excluding carboxylic acids is 2. The van der Waals surface area contributed by atoms with E-state index in [1.807, 2.05) is 6.07 Å². The third-order valence-corrected chi connectivity index (χ3v) is 6.50. The number of nitrogens with zero attached hydrogens (tertiary/aromatic N) is 1. The van der Waals surface area contributed by atoms with Crippen molar-refractivity contribution in [1.82, 2.24) is 0 Å². The molecule has 4 aliphatic rings. The number of benzene rings is 1. The number of amides is 1. The Bertz CT molecular complexity index is 760. The largest absolute Gasteiger partial charge is 0.486 e. The van der Waals surface area contributed by atoms with Crippen molar-refractivity contribution in [1.29, 1.82) is 0 Å². The molecule has 3 heterocycles. The number of anilines is 1. The molecule has 5 rings (SSSR count). The average molecular weight is 357 g/mol. The Balaban J connectivity index is 1.45. The molecule has 1 aromatic carbocycles. The van der Waals surface area contributed by atoms with Gasteiger partial charge in [0.05, 0.1) is 23.8 Å². The molecule has 138 valence electrons. The van der Waals surface area contributed by atoms with E-state index in [2.05, 4.69) is 0 Å². The lowest BCUT2D eigenvalue weighted by Gasteiger charge is -2.42. The number of likely N-dealkylation sites (tertiary alicyclic amines) is 1. The fraction of sp³-hybridized carbons (Fsp3) is 0.600. The first-order valence-electron chi connectivity index (χ1n) is 9.87. The second kappa shape index (κ2) is 6.27. The van der Waals surface area contributed by atoms with Gasteiger partial charge in [-0.25, -0.2) is 0 Å². The second-order valence-electron chi connectivity index (χ2n) is 7.93. The van der Waals surface area contributed by atoms with Gasteiger partial charge >= 0.3 is 5.91 Å². The molecule has 3 aliphatic heterocycles. The summed E-state index contributed by atoms with van der Waals surface area (Å²) in [5, 5.41) is 0. The van der Waals surface area contributed by atoms with Crippen LogP contribution < -0.4 is 19.3 Å². The first-order chi connectivity index (χ1) is 12.7. The minimum absolute atomic E-state index is 0.409. The zero-order valence-corrected chi connectivity index (χ0v) is 15.0. The van der Waals surface area contributed by atoms with E-state index in [-0.39, 0.29) is 0 Å². The molecule has 2 fully saturated rings. The van der Waals surface area contributed by atoms with Crippen LogP contribution in [0.15, 0.2) is 12.1 Å². The van der Waals surface area contributed by atoms with E-state index in [1.165, 1.54) is 43.4 Å². The van der Waals surface area contributed by atoms with Crippen LogP contribution in [0.3, 0.4) is 0 Å². The maximum absolute atomic E-state index is 12.7. The number of rotatable bonds is 2. The van der Waals surface area contributed by atoms with Crippen LogP contribution >= 0.6 is 0 Å². The molecule has 3 atom stereocenters. The number of quaternary nitrogens is 1. The first-order valence-corrected chi connectivity index (χ1v) is 9.87. The molecule has 0 bridgehead atoms. The van der Waals surface area contributed by atoms with Crippen molar-refractivity contribution < 1.29 is 24.0 Å². The van der Waals surface area contributed by atoms with Gasteiger partial charge in [0.25, 0.3) is 5.78 Å². The predicted octanol–water partition coefficient (Wildman–Crippen LogP) is 1.18. The summed E-state index contributed by atoms with van der Waals surface area (Å²) in [4.78, 5) is 28.4. The SMILES string of the molecule is O=C1C(=O)N(C[NH+]2CCC[C@@H]3CCCC[C@@H]32)c2cc3c(cc21)OCCO3. The highest BCUT2D eigenvalue weighted by molar-refractivity contribution is 6.52. The number of hydrogen-bond donors (Lipinski definition) is 1. The van der Waals surface area contributed by atoms with Crippen LogP contribution in [0.5, 0.6) is 11.5 Å². The topological polar surface area (TPSA) is 60.3 Å². The van der Waals surface area contributed by atoms with Crippen molar-refractivity contribution in [2.75, 3.05) is 31.3 Å². The Morgan fingerprint density at radius 3 is 2.58 bits per heavy atom. The molecular weight excluding hydrogens is 332 g/mol. The van der Waals surface area contributed by atoms with Gasteiger partial charge in [0.1, 0.15) is 13.2 Å². The third-order valence-electron chi connectivity index (χ3n) is 6.50. The summed E-state index contributed by atoms with van der Waals surface area (Å²) in [6.45, 7) is 2.63. The molecule has 1 saturated heterocycles. The smallest absolute Gasteiger partial charge is 0.303 e. The third kappa shape index (κ3) is 2.50. The second-order valence-corrected chi connectivity index (χ2v) is 7.93. The molecule has 1 aliphatic carbocycles. The Kier molecular flexibility index (Phi) is 3.89. The van der Waals surface area contributed by atoms with Crippen LogP contribution in [0.4, 0.5) is 5.69 Å². The molecule has 1 N–H and O–H groups in total. The van der Waals surface area contributed by atoms with Crippen molar-refractivity contribution >= 4 is 17.4 Å². The van der Waals surface area contributed by atoms with E-state index in [0.29, 0.717) is 48.7 Å². The van der Waals surface area contributed by atoms with Gasteiger partial charge in [-0.15, -0.1) is 0 Å². The van der Waals surface area contributed by atoms with E-state index in [9.17, 15) is 9.59 Å². The van der Waals surface area contributed by atoms with Gasteiger partial charge in [-0.05, 0) is 38.2 Å². The van der Waals surface area contributed by atoms with Crippen molar-refractivity contribution in [3.05, 3.63) is 17.7 Å². The summed E-state index contributed by atoms with van der Waals surface area (Å²) in [5.74, 6) is 1.14. The maximum Gasteiger partial charge on any atom is 0.303 e. The molecule has 1 amide bonds. The van der Waals surface area contributed by atoms with Gasteiger partial charge in [0, 0.05) is 12.0 Å². The lowest BCUT2D eigenvalue weighted by Crippen LogP contribution is -3.19. The number of piperidine rings is 1. The molecule has 0 radical (unpaired) electrons. The van der Waals surface area contributed by atoms with Crippen molar-refractivity contribution in [3.63, 3.8) is 0 Å². The molecule has 6 heteroatoms. The summed E-state index contributed by atoms with van der Waals surface area (Å²) in [7, 11) is 0. The number of Topliss-reactive ketones (excluding diaryl/α,β-unsaturated/α-hetero) is 1. The number of nitrogens with one attached hydrogen (secondary N) is 1. The Labute approximate surface area is 153 Å². The average Bonchev–Trinajstić information content (AvgIpc) is 2.91. The highest BCUT2D eigenvalue weighted by Crippen LogP contribution is 2.40. The minimum atomic E-state index is -0.423. The van der Waals surface area contributed by atoms with Gasteiger partial charge < -0.3 is 14.4 Å². The van der Waals surface area contributed by atoms with Crippen molar-refractivity contribution in [2.24, 2.45) is 5.92 Å². The summed E-state index contributed by atoms with van der Waals surface area (Å²) in [5.41, 5.74) is 1.14. The van der Waals surface area contributed by atoms with Crippen LogP contribution in [0.1, 0.15) is 48.9 Å². The van der Waals surface area contributed by atoms with Crippen LogP contribution in [-0.4, -0.2) is 44.2 Å². The van der Waals surface area contributed by atoms with E-state index in [4.69, 9.17) is 9.47 Å². The Hall–Kier alpha value is -2.08. The highest BCUT2D eigenvalue weighted by atomic mass is 16.6. The number of fused-ring (bicyclic) bond motifs is 3. The first kappa shape index (κ1) is 16.1. The minimum Gasteiger partial charge on any atom is -0.486 e. The predicted molar refractivity (Wildman–Crippen MR) is 94.9 cm³/mol. The Morgan fingerprint density at radius 1 is 1.00 bits per heavy atom. The van der Waals surface area contributed by atoms with Gasteiger partial charge in [0.15, 0.2) is 18.2 Å². The van der Waals surface area contributed by atoms with Crippen molar-refractivity contribution in [2.45, 2.75) is 44.6 Å². The lowest BCUT2D eigenvalue weighted by molar-refractivity contribution is -0.935. The fourth-order valence-electron chi connectivity index (χ4n) is 5.25. The van der Waals surface area contributed by atoms with E-state index in [1.54, 1.807) is 11.0 Å². The van der Waals surface area contributed by atoms with E-state index < -0.39 is 11.7 Å². The van der Waals surface area contributed by atoms with Gasteiger partial charge in [-0.2, -0.15) is 0 Å². The van der Waals surface area contributed by atoms with Crippen LogP contribution in [0.2, 0.25) is 0 Å². The normalized spacial score (nSPS) is 30.2. The lowest BCUT2D eigenvalue weighted by atomic mass is 9.78. The Morgan fingerprint density at radius 2 is 1.73 bits per heavy atom.